The molecule has 1 aromatic heterocycles. The first-order chi connectivity index (χ1) is 9.60. The summed E-state index contributed by atoms with van der Waals surface area (Å²) >= 11 is 3.42. The Kier molecular flexibility index (Phi) is 3.18. The van der Waals surface area contributed by atoms with Crippen LogP contribution in [-0.2, 0) is 0 Å². The monoisotopic (exact) mass is 328 g/mol. The number of fused-ring (bicyclic) bond motifs is 1. The lowest BCUT2D eigenvalue weighted by Crippen LogP contribution is -1.94. The Morgan fingerprint density at radius 3 is 2.60 bits per heavy atom. The van der Waals surface area contributed by atoms with Crippen molar-refractivity contribution in [3.8, 4) is 5.69 Å². The Bertz CT molecular complexity index is 821. The first-order valence-corrected chi connectivity index (χ1v) is 7.09. The van der Waals surface area contributed by atoms with Gasteiger partial charge >= 0.3 is 0 Å². The lowest BCUT2D eigenvalue weighted by molar-refractivity contribution is 0.112. The van der Waals surface area contributed by atoms with E-state index < -0.39 is 0 Å². The molecule has 0 aliphatic heterocycles. The lowest BCUT2D eigenvalue weighted by Gasteiger charge is -2.07. The minimum Gasteiger partial charge on any atom is -0.299 e. The van der Waals surface area contributed by atoms with E-state index in [9.17, 15) is 4.79 Å². The number of carbonyl (C=O) groups is 1. The maximum Gasteiger partial charge on any atom is 0.151 e. The van der Waals surface area contributed by atoms with Crippen LogP contribution in [0, 0.1) is 13.8 Å². The fourth-order valence-corrected chi connectivity index (χ4v) is 2.69. The number of hydrogen-bond acceptors (Lipinski definition) is 2. The highest BCUT2D eigenvalue weighted by Gasteiger charge is 2.08. The zero-order valence-corrected chi connectivity index (χ0v) is 12.8. The molecule has 3 aromatic rings. The normalized spacial score (nSPS) is 10.9. The van der Waals surface area contributed by atoms with Crippen molar-refractivity contribution in [3.05, 3.63) is 57.8 Å². The molecule has 20 heavy (non-hydrogen) atoms. The van der Waals surface area contributed by atoms with Crippen molar-refractivity contribution >= 4 is 33.2 Å². The zero-order valence-electron chi connectivity index (χ0n) is 11.2. The summed E-state index contributed by atoms with van der Waals surface area (Å²) in [6.45, 7) is 4.18. The molecule has 0 amide bonds. The van der Waals surface area contributed by atoms with E-state index in [1.807, 2.05) is 23.0 Å². The number of imidazole rings is 1. The maximum absolute atomic E-state index is 10.9. The molecular weight excluding hydrogens is 316 g/mol. The quantitative estimate of drug-likeness (QED) is 0.660. The molecule has 0 aliphatic rings. The molecule has 2 aromatic carbocycles. The van der Waals surface area contributed by atoms with Gasteiger partial charge in [0.2, 0.25) is 0 Å². The molecule has 100 valence electrons. The summed E-state index contributed by atoms with van der Waals surface area (Å²) in [4.78, 5) is 15.3. The van der Waals surface area contributed by atoms with E-state index in [0.29, 0.717) is 5.56 Å². The Balaban J connectivity index is 2.22. The number of hydrogen-bond donors (Lipinski definition) is 0. The van der Waals surface area contributed by atoms with E-state index in [1.165, 1.54) is 11.1 Å². The Morgan fingerprint density at radius 2 is 1.90 bits per heavy atom. The fraction of sp³-hybridized carbons (Fsp3) is 0.125. The predicted molar refractivity (Wildman–Crippen MR) is 83.6 cm³/mol. The Labute approximate surface area is 125 Å². The van der Waals surface area contributed by atoms with Crippen LogP contribution >= 0.6 is 15.9 Å². The minimum atomic E-state index is 0.644. The molecule has 0 atom stereocenters. The largest absolute Gasteiger partial charge is 0.299 e. The van der Waals surface area contributed by atoms with Crippen molar-refractivity contribution in [2.24, 2.45) is 0 Å². The average Bonchev–Trinajstić information content (AvgIpc) is 2.82. The van der Waals surface area contributed by atoms with E-state index in [4.69, 9.17) is 0 Å². The van der Waals surface area contributed by atoms with Crippen LogP contribution < -0.4 is 0 Å². The van der Waals surface area contributed by atoms with Gasteiger partial charge in [-0.25, -0.2) is 4.98 Å². The molecule has 0 spiro atoms. The van der Waals surface area contributed by atoms with E-state index in [-0.39, 0.29) is 0 Å². The number of aromatic nitrogens is 2. The van der Waals surface area contributed by atoms with Crippen LogP contribution in [0.1, 0.15) is 21.5 Å². The molecule has 0 saturated carbocycles. The van der Waals surface area contributed by atoms with E-state index in [0.717, 1.165) is 27.5 Å². The van der Waals surface area contributed by atoms with Crippen LogP contribution in [0.5, 0.6) is 0 Å². The van der Waals surface area contributed by atoms with Gasteiger partial charge in [-0.2, -0.15) is 0 Å². The van der Waals surface area contributed by atoms with Gasteiger partial charge in [-0.15, -0.1) is 0 Å². The maximum atomic E-state index is 10.9. The number of aldehydes is 1. The van der Waals surface area contributed by atoms with Crippen molar-refractivity contribution in [1.29, 1.82) is 0 Å². The van der Waals surface area contributed by atoms with Gasteiger partial charge in [0.25, 0.3) is 0 Å². The molecule has 1 heterocycles. The highest BCUT2D eigenvalue weighted by atomic mass is 79.9. The van der Waals surface area contributed by atoms with Crippen molar-refractivity contribution in [3.63, 3.8) is 0 Å². The van der Waals surface area contributed by atoms with Crippen molar-refractivity contribution in [2.45, 2.75) is 13.8 Å². The minimum absolute atomic E-state index is 0.644. The van der Waals surface area contributed by atoms with Gasteiger partial charge in [-0.3, -0.25) is 9.36 Å². The van der Waals surface area contributed by atoms with Crippen LogP contribution in [0.15, 0.2) is 41.1 Å². The summed E-state index contributed by atoms with van der Waals surface area (Å²) < 4.78 is 2.82. The third kappa shape index (κ3) is 2.06. The number of benzene rings is 2. The van der Waals surface area contributed by atoms with Crippen LogP contribution in [0.3, 0.4) is 0 Å². The third-order valence-electron chi connectivity index (χ3n) is 3.55. The molecule has 0 radical (unpaired) electrons. The molecule has 4 heteroatoms. The van der Waals surface area contributed by atoms with Crippen LogP contribution in [0.2, 0.25) is 0 Å². The van der Waals surface area contributed by atoms with E-state index in [2.05, 4.69) is 46.9 Å². The molecular formula is C16H13BrN2O. The summed E-state index contributed by atoms with van der Waals surface area (Å²) in [6.07, 6.45) is 2.65. The molecule has 3 nitrogen and oxygen atoms in total. The highest BCUT2D eigenvalue weighted by molar-refractivity contribution is 9.10. The van der Waals surface area contributed by atoms with Gasteiger partial charge in [0, 0.05) is 15.7 Å². The van der Waals surface area contributed by atoms with Crippen molar-refractivity contribution < 1.29 is 4.79 Å². The van der Waals surface area contributed by atoms with Gasteiger partial charge in [0.1, 0.15) is 6.33 Å². The van der Waals surface area contributed by atoms with E-state index in [1.54, 1.807) is 6.07 Å². The number of aryl methyl sites for hydroxylation is 2. The van der Waals surface area contributed by atoms with Crippen LogP contribution in [0.25, 0.3) is 16.7 Å². The second-order valence-corrected chi connectivity index (χ2v) is 5.72. The predicted octanol–water partition coefficient (Wildman–Crippen LogP) is 4.22. The number of carbonyl (C=O) groups excluding carboxylic acids is 1. The van der Waals surface area contributed by atoms with Crippen molar-refractivity contribution in [1.82, 2.24) is 9.55 Å². The molecule has 0 aliphatic carbocycles. The standard InChI is InChI=1S/C16H13BrN2O/c1-10-5-15-16(6-11(10)2)19(9-18-15)13-4-3-12(8-20)14(17)7-13/h3-9H,1-2H3. The summed E-state index contributed by atoms with van der Waals surface area (Å²) in [7, 11) is 0. The van der Waals surface area contributed by atoms with Gasteiger partial charge in [-0.05, 0) is 71.2 Å². The summed E-state index contributed by atoms with van der Waals surface area (Å²) in [5.74, 6) is 0. The molecule has 0 fully saturated rings. The SMILES string of the molecule is Cc1cc2ncn(-c3ccc(C=O)c(Br)c3)c2cc1C. The molecule has 0 N–H and O–H groups in total. The second kappa shape index (κ2) is 4.87. The van der Waals surface area contributed by atoms with Gasteiger partial charge in [0.05, 0.1) is 11.0 Å². The van der Waals surface area contributed by atoms with Gasteiger partial charge in [0.15, 0.2) is 6.29 Å². The number of halogens is 1. The zero-order chi connectivity index (χ0) is 14.3. The van der Waals surface area contributed by atoms with Crippen molar-refractivity contribution in [2.75, 3.05) is 0 Å². The summed E-state index contributed by atoms with van der Waals surface area (Å²) in [5.41, 5.74) is 6.14. The van der Waals surface area contributed by atoms with Gasteiger partial charge < -0.3 is 0 Å². The molecule has 0 unspecified atom stereocenters. The topological polar surface area (TPSA) is 34.9 Å². The molecule has 0 bridgehead atoms. The molecule has 0 saturated heterocycles. The average molecular weight is 329 g/mol. The first kappa shape index (κ1) is 13.1. The second-order valence-electron chi connectivity index (χ2n) is 4.86. The Hall–Kier alpha value is -1.94. The smallest absolute Gasteiger partial charge is 0.151 e. The number of rotatable bonds is 2. The summed E-state index contributed by atoms with van der Waals surface area (Å²) in [6, 6.07) is 9.89. The lowest BCUT2D eigenvalue weighted by atomic mass is 10.1. The molecule has 3 rings (SSSR count). The third-order valence-corrected chi connectivity index (χ3v) is 4.24. The summed E-state index contributed by atoms with van der Waals surface area (Å²) in [5, 5.41) is 0. The van der Waals surface area contributed by atoms with Crippen LogP contribution in [-0.4, -0.2) is 15.8 Å². The van der Waals surface area contributed by atoms with E-state index >= 15 is 0 Å². The first-order valence-electron chi connectivity index (χ1n) is 6.29. The number of nitrogens with zero attached hydrogens (tertiary/aromatic N) is 2. The fourth-order valence-electron chi connectivity index (χ4n) is 2.23. The highest BCUT2D eigenvalue weighted by Crippen LogP contribution is 2.24. The van der Waals surface area contributed by atoms with Crippen LogP contribution in [0.4, 0.5) is 0 Å². The Morgan fingerprint density at radius 1 is 1.15 bits per heavy atom. The van der Waals surface area contributed by atoms with Gasteiger partial charge in [-0.1, -0.05) is 0 Å².